The Hall–Kier alpha value is -3.33. The van der Waals surface area contributed by atoms with E-state index in [0.29, 0.717) is 16.1 Å². The maximum Gasteiger partial charge on any atom is 0.242 e. The van der Waals surface area contributed by atoms with Crippen LogP contribution < -0.4 is 10.6 Å². The van der Waals surface area contributed by atoms with Crippen molar-refractivity contribution in [3.63, 3.8) is 0 Å². The number of nitrogens with one attached hydrogen (secondary N) is 2. The van der Waals surface area contributed by atoms with Crippen molar-refractivity contribution in [1.29, 1.82) is 0 Å². The van der Waals surface area contributed by atoms with Gasteiger partial charge in [0.1, 0.15) is 10.9 Å². The van der Waals surface area contributed by atoms with E-state index < -0.39 is 40.1 Å². The van der Waals surface area contributed by atoms with Crippen LogP contribution >= 0.6 is 11.8 Å². The monoisotopic (exact) mass is 474 g/mol. The maximum atomic E-state index is 14.1. The van der Waals surface area contributed by atoms with Crippen molar-refractivity contribution in [3.05, 3.63) is 89.5 Å². The van der Waals surface area contributed by atoms with Crippen LogP contribution in [0.1, 0.15) is 23.7 Å². The molecule has 0 spiro atoms. The molecule has 4 rings (SSSR count). The molecule has 3 aromatic carbocycles. The Morgan fingerprint density at radius 3 is 2.03 bits per heavy atom. The molecule has 0 bridgehead atoms. The molecule has 1 atom stereocenters. The van der Waals surface area contributed by atoms with E-state index in [9.17, 15) is 27.2 Å². The first kappa shape index (κ1) is 22.8. The molecular weight excluding hydrogens is 456 g/mol. The summed E-state index contributed by atoms with van der Waals surface area (Å²) in [5.41, 5.74) is -0.0580. The van der Waals surface area contributed by atoms with Crippen molar-refractivity contribution >= 4 is 35.0 Å². The summed E-state index contributed by atoms with van der Waals surface area (Å²) in [6.07, 6.45) is 1.76. The molecule has 1 unspecified atom stereocenters. The second kappa shape index (κ2) is 9.66. The van der Waals surface area contributed by atoms with Crippen LogP contribution in [-0.2, 0) is 9.59 Å². The lowest BCUT2D eigenvalue weighted by atomic mass is 10.1. The predicted molar refractivity (Wildman–Crippen MR) is 118 cm³/mol. The SMILES string of the molecule is O=C(Nc1ccc(SC(C(=O)Nc2c(F)c(F)cc(F)c2F)c2ccccc2)cc1)C1CC1. The van der Waals surface area contributed by atoms with E-state index in [1.54, 1.807) is 54.6 Å². The summed E-state index contributed by atoms with van der Waals surface area (Å²) in [5.74, 6) is -7.44. The molecule has 170 valence electrons. The third-order valence-corrected chi connectivity index (χ3v) is 6.29. The Labute approximate surface area is 191 Å². The molecule has 1 aliphatic carbocycles. The van der Waals surface area contributed by atoms with Gasteiger partial charge in [-0.25, -0.2) is 17.6 Å². The lowest BCUT2D eigenvalue weighted by molar-refractivity contribution is -0.117. The van der Waals surface area contributed by atoms with Gasteiger partial charge in [-0.1, -0.05) is 30.3 Å². The highest BCUT2D eigenvalue weighted by Gasteiger charge is 2.30. The first-order chi connectivity index (χ1) is 15.8. The molecule has 1 aliphatic rings. The van der Waals surface area contributed by atoms with Gasteiger partial charge in [0.15, 0.2) is 23.3 Å². The van der Waals surface area contributed by atoms with Gasteiger partial charge in [0.2, 0.25) is 11.8 Å². The third kappa shape index (κ3) is 5.36. The topological polar surface area (TPSA) is 58.2 Å². The van der Waals surface area contributed by atoms with E-state index in [1.165, 1.54) is 0 Å². The quantitative estimate of drug-likeness (QED) is 0.249. The minimum Gasteiger partial charge on any atom is -0.326 e. The first-order valence-corrected chi connectivity index (χ1v) is 11.0. The molecule has 0 saturated heterocycles. The van der Waals surface area contributed by atoms with Crippen LogP contribution in [0.25, 0.3) is 0 Å². The van der Waals surface area contributed by atoms with Gasteiger partial charge >= 0.3 is 0 Å². The normalized spacial score (nSPS) is 13.9. The van der Waals surface area contributed by atoms with E-state index in [1.807, 2.05) is 5.32 Å². The summed E-state index contributed by atoms with van der Waals surface area (Å²) < 4.78 is 55.2. The van der Waals surface area contributed by atoms with Gasteiger partial charge in [0.05, 0.1) is 0 Å². The summed E-state index contributed by atoms with van der Waals surface area (Å²) in [6, 6.07) is 15.3. The molecule has 9 heteroatoms. The predicted octanol–water partition coefficient (Wildman–Crippen LogP) is 6.06. The third-order valence-electron chi connectivity index (χ3n) is 5.02. The van der Waals surface area contributed by atoms with Crippen LogP contribution in [0, 0.1) is 29.2 Å². The van der Waals surface area contributed by atoms with Gasteiger partial charge in [-0.05, 0) is 42.7 Å². The maximum absolute atomic E-state index is 14.1. The molecule has 3 aromatic rings. The zero-order valence-electron chi connectivity index (χ0n) is 17.1. The molecule has 0 aromatic heterocycles. The number of hydrogen-bond donors (Lipinski definition) is 2. The highest BCUT2D eigenvalue weighted by Crippen LogP contribution is 2.38. The minimum atomic E-state index is -1.69. The fraction of sp³-hybridized carbons (Fsp3) is 0.167. The van der Waals surface area contributed by atoms with Gasteiger partial charge in [-0.2, -0.15) is 0 Å². The van der Waals surface area contributed by atoms with Crippen molar-refractivity contribution in [2.75, 3.05) is 10.6 Å². The zero-order valence-corrected chi connectivity index (χ0v) is 17.9. The van der Waals surface area contributed by atoms with Gasteiger partial charge < -0.3 is 10.6 Å². The molecule has 0 heterocycles. The summed E-state index contributed by atoms with van der Waals surface area (Å²) in [5, 5.41) is 3.82. The second-order valence-corrected chi connectivity index (χ2v) is 8.71. The molecule has 33 heavy (non-hydrogen) atoms. The molecule has 2 N–H and O–H groups in total. The van der Waals surface area contributed by atoms with Crippen molar-refractivity contribution in [2.24, 2.45) is 5.92 Å². The van der Waals surface area contributed by atoms with Crippen LogP contribution in [0.15, 0.2) is 65.6 Å². The Bertz CT molecular complexity index is 1160. The van der Waals surface area contributed by atoms with Crippen LogP contribution in [-0.4, -0.2) is 11.8 Å². The van der Waals surface area contributed by atoms with Gasteiger partial charge in [-0.3, -0.25) is 9.59 Å². The molecule has 2 amide bonds. The summed E-state index contributed by atoms with van der Waals surface area (Å²) >= 11 is 1.08. The van der Waals surface area contributed by atoms with Crippen molar-refractivity contribution in [3.8, 4) is 0 Å². The van der Waals surface area contributed by atoms with Crippen LogP contribution in [0.2, 0.25) is 0 Å². The molecule has 0 aliphatic heterocycles. The number of hydrogen-bond acceptors (Lipinski definition) is 3. The second-order valence-electron chi connectivity index (χ2n) is 7.53. The highest BCUT2D eigenvalue weighted by molar-refractivity contribution is 8.00. The standard InChI is InChI=1S/C24H18F4N2O2S/c25-17-12-18(26)20(28)21(19(17)27)30-24(32)22(13-4-2-1-3-5-13)33-16-10-8-15(9-11-16)29-23(31)14-6-7-14/h1-5,8-12,14,22H,6-7H2,(H,29,31)(H,30,32). The number of rotatable bonds is 7. The summed E-state index contributed by atoms with van der Waals surface area (Å²) in [6.45, 7) is 0. The average molecular weight is 474 g/mol. The Balaban J connectivity index is 1.56. The number of halogens is 4. The Kier molecular flexibility index (Phi) is 6.69. The van der Waals surface area contributed by atoms with Crippen LogP contribution in [0.5, 0.6) is 0 Å². The summed E-state index contributed by atoms with van der Waals surface area (Å²) in [7, 11) is 0. The summed E-state index contributed by atoms with van der Waals surface area (Å²) in [4.78, 5) is 25.5. The van der Waals surface area contributed by atoms with E-state index >= 15 is 0 Å². The molecule has 1 saturated carbocycles. The van der Waals surface area contributed by atoms with E-state index in [4.69, 9.17) is 0 Å². The highest BCUT2D eigenvalue weighted by atomic mass is 32.2. The van der Waals surface area contributed by atoms with Crippen LogP contribution in [0.4, 0.5) is 28.9 Å². The van der Waals surface area contributed by atoms with Gasteiger partial charge in [0, 0.05) is 22.6 Å². The lowest BCUT2D eigenvalue weighted by Crippen LogP contribution is -2.21. The van der Waals surface area contributed by atoms with Crippen molar-refractivity contribution in [1.82, 2.24) is 0 Å². The first-order valence-electron chi connectivity index (χ1n) is 10.1. The van der Waals surface area contributed by atoms with Crippen molar-refractivity contribution < 1.29 is 27.2 Å². The van der Waals surface area contributed by atoms with Crippen molar-refractivity contribution in [2.45, 2.75) is 23.0 Å². The number of benzene rings is 3. The van der Waals surface area contributed by atoms with E-state index in [0.717, 1.165) is 24.6 Å². The molecule has 1 fully saturated rings. The Morgan fingerprint density at radius 1 is 0.848 bits per heavy atom. The number of amides is 2. The lowest BCUT2D eigenvalue weighted by Gasteiger charge is -2.18. The van der Waals surface area contributed by atoms with Gasteiger partial charge in [0.25, 0.3) is 0 Å². The molecule has 0 radical (unpaired) electrons. The fourth-order valence-electron chi connectivity index (χ4n) is 3.12. The largest absolute Gasteiger partial charge is 0.326 e. The smallest absolute Gasteiger partial charge is 0.242 e. The zero-order chi connectivity index (χ0) is 23.5. The molecule has 4 nitrogen and oxygen atoms in total. The number of anilines is 2. The van der Waals surface area contributed by atoms with E-state index in [-0.39, 0.29) is 17.9 Å². The molecular formula is C24H18F4N2O2S. The Morgan fingerprint density at radius 2 is 1.45 bits per heavy atom. The number of carbonyl (C=O) groups is 2. The fourth-order valence-corrected chi connectivity index (χ4v) is 4.14. The minimum absolute atomic E-state index is 0.0386. The number of thioether (sulfide) groups is 1. The number of carbonyl (C=O) groups excluding carboxylic acids is 2. The van der Waals surface area contributed by atoms with Crippen LogP contribution in [0.3, 0.4) is 0 Å². The van der Waals surface area contributed by atoms with E-state index in [2.05, 4.69) is 5.32 Å². The average Bonchev–Trinajstić information content (AvgIpc) is 3.66. The van der Waals surface area contributed by atoms with Gasteiger partial charge in [-0.15, -0.1) is 11.8 Å².